The molecule has 0 aromatic rings. The summed E-state index contributed by atoms with van der Waals surface area (Å²) >= 11 is 0. The summed E-state index contributed by atoms with van der Waals surface area (Å²) in [7, 11) is 1.71. The number of rotatable bonds is 6. The van der Waals surface area contributed by atoms with Crippen molar-refractivity contribution in [3.63, 3.8) is 0 Å². The minimum Gasteiger partial charge on any atom is -0.385 e. The van der Waals surface area contributed by atoms with Crippen LogP contribution in [-0.2, 0) is 9.53 Å². The van der Waals surface area contributed by atoms with Crippen LogP contribution in [0.5, 0.6) is 0 Å². The topological polar surface area (TPSA) is 62.1 Å². The molecule has 2 rings (SSSR count). The number of amides is 1. The summed E-state index contributed by atoms with van der Waals surface area (Å²) < 4.78 is 5.12. The van der Waals surface area contributed by atoms with Gasteiger partial charge < -0.3 is 10.1 Å². The number of hydrogen-bond acceptors (Lipinski definition) is 3. The fraction of sp³-hybridized carbons (Fsp3) is 0.867. The van der Waals surface area contributed by atoms with E-state index in [1.54, 1.807) is 7.11 Å². The van der Waals surface area contributed by atoms with Crippen molar-refractivity contribution in [3.8, 4) is 6.07 Å². The third-order valence-electron chi connectivity index (χ3n) is 4.77. The standard InChI is InChI=1S/C15H24N2O2/c1-19-10-9-14(7-8-14)12-17-13(18)15(11-16)5-3-2-4-6-15/h2-10,12H2,1H3,(H,17,18). The van der Waals surface area contributed by atoms with Gasteiger partial charge in [0.1, 0.15) is 5.41 Å². The van der Waals surface area contributed by atoms with Gasteiger partial charge in [-0.05, 0) is 37.5 Å². The highest BCUT2D eigenvalue weighted by atomic mass is 16.5. The van der Waals surface area contributed by atoms with Gasteiger partial charge in [0.05, 0.1) is 6.07 Å². The molecule has 1 N–H and O–H groups in total. The highest BCUT2D eigenvalue weighted by Crippen LogP contribution is 2.48. The summed E-state index contributed by atoms with van der Waals surface area (Å²) in [6.07, 6.45) is 7.91. The van der Waals surface area contributed by atoms with Crippen LogP contribution in [0, 0.1) is 22.2 Å². The van der Waals surface area contributed by atoms with E-state index < -0.39 is 5.41 Å². The van der Waals surface area contributed by atoms with Crippen molar-refractivity contribution in [2.24, 2.45) is 10.8 Å². The van der Waals surface area contributed by atoms with Crippen LogP contribution < -0.4 is 5.32 Å². The highest BCUT2D eigenvalue weighted by molar-refractivity contribution is 5.85. The zero-order valence-electron chi connectivity index (χ0n) is 11.8. The van der Waals surface area contributed by atoms with E-state index in [-0.39, 0.29) is 11.3 Å². The molecule has 0 unspecified atom stereocenters. The molecule has 0 atom stereocenters. The SMILES string of the molecule is COCCC1(CNC(=O)C2(C#N)CCCCC2)CC1. The van der Waals surface area contributed by atoms with Crippen LogP contribution in [0.2, 0.25) is 0 Å². The zero-order chi connectivity index (χ0) is 13.8. The van der Waals surface area contributed by atoms with Crippen LogP contribution in [0.15, 0.2) is 0 Å². The van der Waals surface area contributed by atoms with Gasteiger partial charge in [-0.1, -0.05) is 19.3 Å². The fourth-order valence-corrected chi connectivity index (χ4v) is 2.99. The second kappa shape index (κ2) is 5.92. The monoisotopic (exact) mass is 264 g/mol. The van der Waals surface area contributed by atoms with Gasteiger partial charge in [-0.3, -0.25) is 4.79 Å². The first-order chi connectivity index (χ1) is 9.16. The lowest BCUT2D eigenvalue weighted by Gasteiger charge is -2.30. The Kier molecular flexibility index (Phi) is 4.46. The maximum atomic E-state index is 12.3. The lowest BCUT2D eigenvalue weighted by atomic mass is 9.74. The number of methoxy groups -OCH3 is 1. The first-order valence-corrected chi connectivity index (χ1v) is 7.35. The molecule has 19 heavy (non-hydrogen) atoms. The first kappa shape index (κ1) is 14.3. The van der Waals surface area contributed by atoms with Crippen molar-refractivity contribution in [1.82, 2.24) is 5.32 Å². The van der Waals surface area contributed by atoms with E-state index in [4.69, 9.17) is 4.74 Å². The molecule has 0 aromatic carbocycles. The molecule has 1 amide bonds. The number of carbonyl (C=O) groups is 1. The van der Waals surface area contributed by atoms with Gasteiger partial charge in [0.2, 0.25) is 5.91 Å². The number of nitriles is 1. The molecule has 0 aliphatic heterocycles. The molecule has 4 heteroatoms. The lowest BCUT2D eigenvalue weighted by molar-refractivity contribution is -0.129. The van der Waals surface area contributed by atoms with Crippen molar-refractivity contribution in [2.45, 2.75) is 51.4 Å². The third kappa shape index (κ3) is 3.27. The summed E-state index contributed by atoms with van der Waals surface area (Å²) in [6, 6.07) is 2.28. The molecule has 106 valence electrons. The van der Waals surface area contributed by atoms with Gasteiger partial charge in [-0.15, -0.1) is 0 Å². The van der Waals surface area contributed by atoms with Crippen LogP contribution in [0.4, 0.5) is 0 Å². The van der Waals surface area contributed by atoms with Crippen molar-refractivity contribution in [2.75, 3.05) is 20.3 Å². The van der Waals surface area contributed by atoms with Gasteiger partial charge in [-0.25, -0.2) is 0 Å². The molecule has 0 aromatic heterocycles. The summed E-state index contributed by atoms with van der Waals surface area (Å²) in [4.78, 5) is 12.3. The molecule has 2 saturated carbocycles. The Morgan fingerprint density at radius 3 is 2.47 bits per heavy atom. The van der Waals surface area contributed by atoms with E-state index in [0.717, 1.165) is 58.0 Å². The Bertz CT molecular complexity index is 363. The van der Waals surface area contributed by atoms with Crippen LogP contribution in [-0.4, -0.2) is 26.2 Å². The summed E-state index contributed by atoms with van der Waals surface area (Å²) in [5, 5.41) is 12.4. The average molecular weight is 264 g/mol. The molecule has 0 radical (unpaired) electrons. The van der Waals surface area contributed by atoms with Crippen LogP contribution in [0.1, 0.15) is 51.4 Å². The number of hydrogen-bond donors (Lipinski definition) is 1. The lowest BCUT2D eigenvalue weighted by Crippen LogP contribution is -2.43. The van der Waals surface area contributed by atoms with E-state index >= 15 is 0 Å². The highest BCUT2D eigenvalue weighted by Gasteiger charge is 2.45. The largest absolute Gasteiger partial charge is 0.385 e. The normalized spacial score (nSPS) is 23.4. The predicted octanol–water partition coefficient (Wildman–Crippen LogP) is 2.39. The Morgan fingerprint density at radius 1 is 1.26 bits per heavy atom. The predicted molar refractivity (Wildman–Crippen MR) is 72.3 cm³/mol. The first-order valence-electron chi connectivity index (χ1n) is 7.35. The van der Waals surface area contributed by atoms with Crippen molar-refractivity contribution >= 4 is 5.91 Å². The smallest absolute Gasteiger partial charge is 0.240 e. The average Bonchev–Trinajstić information content (AvgIpc) is 3.24. The molecular weight excluding hydrogens is 240 g/mol. The van der Waals surface area contributed by atoms with E-state index in [1.165, 1.54) is 0 Å². The van der Waals surface area contributed by atoms with Gasteiger partial charge in [0.15, 0.2) is 0 Å². The van der Waals surface area contributed by atoms with Gasteiger partial charge in [0.25, 0.3) is 0 Å². The van der Waals surface area contributed by atoms with E-state index in [0.29, 0.717) is 6.54 Å². The van der Waals surface area contributed by atoms with Crippen molar-refractivity contribution in [1.29, 1.82) is 5.26 Å². The molecule has 2 aliphatic carbocycles. The minimum atomic E-state index is -0.754. The number of nitrogens with one attached hydrogen (secondary N) is 1. The van der Waals surface area contributed by atoms with E-state index in [2.05, 4.69) is 11.4 Å². The van der Waals surface area contributed by atoms with Crippen LogP contribution in [0.3, 0.4) is 0 Å². The molecule has 2 aliphatic rings. The second-order valence-corrected chi connectivity index (χ2v) is 6.18. The Hall–Kier alpha value is -1.08. The molecular formula is C15H24N2O2. The molecule has 0 spiro atoms. The number of nitrogens with zero attached hydrogens (tertiary/aromatic N) is 1. The Labute approximate surface area is 115 Å². The Morgan fingerprint density at radius 2 is 1.95 bits per heavy atom. The zero-order valence-corrected chi connectivity index (χ0v) is 11.8. The van der Waals surface area contributed by atoms with Crippen molar-refractivity contribution < 1.29 is 9.53 Å². The molecule has 4 nitrogen and oxygen atoms in total. The van der Waals surface area contributed by atoms with Crippen LogP contribution >= 0.6 is 0 Å². The third-order valence-corrected chi connectivity index (χ3v) is 4.77. The molecule has 0 saturated heterocycles. The molecule has 0 bridgehead atoms. The summed E-state index contributed by atoms with van der Waals surface area (Å²) in [6.45, 7) is 1.46. The fourth-order valence-electron chi connectivity index (χ4n) is 2.99. The van der Waals surface area contributed by atoms with Crippen LogP contribution in [0.25, 0.3) is 0 Å². The number of ether oxygens (including phenoxy) is 1. The van der Waals surface area contributed by atoms with E-state index in [9.17, 15) is 10.1 Å². The van der Waals surface area contributed by atoms with Gasteiger partial charge in [-0.2, -0.15) is 5.26 Å². The second-order valence-electron chi connectivity index (χ2n) is 6.18. The maximum Gasteiger partial charge on any atom is 0.240 e. The maximum absolute atomic E-state index is 12.3. The number of carbonyl (C=O) groups excluding carboxylic acids is 1. The molecule has 0 heterocycles. The molecule has 2 fully saturated rings. The van der Waals surface area contributed by atoms with Gasteiger partial charge >= 0.3 is 0 Å². The van der Waals surface area contributed by atoms with E-state index in [1.807, 2.05) is 0 Å². The summed E-state index contributed by atoms with van der Waals surface area (Å²) in [5.41, 5.74) is -0.507. The quantitative estimate of drug-likeness (QED) is 0.801. The van der Waals surface area contributed by atoms with Crippen molar-refractivity contribution in [3.05, 3.63) is 0 Å². The Balaban J connectivity index is 1.85. The minimum absolute atomic E-state index is 0.0432. The summed E-state index contributed by atoms with van der Waals surface area (Å²) in [5.74, 6) is -0.0432. The van der Waals surface area contributed by atoms with Gasteiger partial charge in [0, 0.05) is 20.3 Å².